The summed E-state index contributed by atoms with van der Waals surface area (Å²) in [6.07, 6.45) is 6.76. The van der Waals surface area contributed by atoms with E-state index < -0.39 is 33.4 Å². The molecule has 3 N–H and O–H groups in total. The van der Waals surface area contributed by atoms with Gasteiger partial charge in [0.2, 0.25) is 17.7 Å². The number of nitrogens with one attached hydrogen (secondary N) is 2. The first-order valence-electron chi connectivity index (χ1n) is 13.7. The van der Waals surface area contributed by atoms with Gasteiger partial charge in [0.05, 0.1) is 35.8 Å². The molecule has 4 fully saturated rings. The molecular formula is C28H39N3O5S. The minimum absolute atomic E-state index is 0.121. The Morgan fingerprint density at radius 3 is 2.51 bits per heavy atom. The van der Waals surface area contributed by atoms with Gasteiger partial charge in [-0.2, -0.15) is 0 Å². The number of amides is 3. The van der Waals surface area contributed by atoms with E-state index in [1.165, 1.54) is 6.42 Å². The molecule has 5 rings (SSSR count). The summed E-state index contributed by atoms with van der Waals surface area (Å²) in [5.74, 6) is -0.945. The van der Waals surface area contributed by atoms with Crippen molar-refractivity contribution in [2.24, 2.45) is 11.8 Å². The number of nitrogens with zero attached hydrogens (tertiary/aromatic N) is 1. The third-order valence-electron chi connectivity index (χ3n) is 8.87. The van der Waals surface area contributed by atoms with Crippen molar-refractivity contribution in [2.75, 3.05) is 18.5 Å². The van der Waals surface area contributed by atoms with Crippen LogP contribution in [-0.2, 0) is 14.4 Å². The second-order valence-electron chi connectivity index (χ2n) is 11.3. The number of anilines is 1. The van der Waals surface area contributed by atoms with Crippen LogP contribution in [-0.4, -0.2) is 68.6 Å². The van der Waals surface area contributed by atoms with Gasteiger partial charge < -0.3 is 25.4 Å². The fraction of sp³-hybridized carbons (Fsp3) is 0.679. The second-order valence-corrected chi connectivity index (χ2v) is 13.2. The Morgan fingerprint density at radius 1 is 1.16 bits per heavy atom. The van der Waals surface area contributed by atoms with Crippen molar-refractivity contribution >= 4 is 35.2 Å². The first-order chi connectivity index (χ1) is 17.7. The summed E-state index contributed by atoms with van der Waals surface area (Å²) in [6, 6.07) is 6.16. The van der Waals surface area contributed by atoms with Crippen molar-refractivity contribution in [3.05, 3.63) is 24.3 Å². The maximum Gasteiger partial charge on any atom is 0.244 e. The highest BCUT2D eigenvalue weighted by atomic mass is 32.2. The summed E-state index contributed by atoms with van der Waals surface area (Å²) in [5.41, 5.74) is 0.650. The fourth-order valence-corrected chi connectivity index (χ4v) is 9.52. The molecule has 1 saturated carbocycles. The number of aliphatic hydroxyl groups excluding tert-OH is 1. The lowest BCUT2D eigenvalue weighted by atomic mass is 9.66. The van der Waals surface area contributed by atoms with Crippen LogP contribution in [0.2, 0.25) is 0 Å². The molecular weight excluding hydrogens is 490 g/mol. The van der Waals surface area contributed by atoms with Gasteiger partial charge >= 0.3 is 0 Å². The third kappa shape index (κ3) is 4.42. The van der Waals surface area contributed by atoms with Crippen molar-refractivity contribution < 1.29 is 24.2 Å². The molecule has 4 aliphatic rings. The molecule has 3 aliphatic heterocycles. The summed E-state index contributed by atoms with van der Waals surface area (Å²) < 4.78 is 4.39. The number of carbonyl (C=O) groups is 3. The number of hydrogen-bond donors (Lipinski definition) is 3. The van der Waals surface area contributed by atoms with E-state index in [2.05, 4.69) is 17.6 Å². The first kappa shape index (κ1) is 26.4. The number of carbonyl (C=O) groups excluding carboxylic acids is 3. The molecule has 37 heavy (non-hydrogen) atoms. The van der Waals surface area contributed by atoms with Gasteiger partial charge in [0.25, 0.3) is 0 Å². The molecule has 1 aromatic rings. The highest BCUT2D eigenvalue weighted by Crippen LogP contribution is 2.71. The Balaban J connectivity index is 1.43. The van der Waals surface area contributed by atoms with Gasteiger partial charge in [-0.25, -0.2) is 0 Å². The Labute approximate surface area is 223 Å². The van der Waals surface area contributed by atoms with Gasteiger partial charge in [-0.15, -0.1) is 11.8 Å². The van der Waals surface area contributed by atoms with Gasteiger partial charge in [-0.3, -0.25) is 14.4 Å². The monoisotopic (exact) mass is 529 g/mol. The summed E-state index contributed by atoms with van der Waals surface area (Å²) in [4.78, 5) is 43.3. The molecule has 1 spiro atoms. The minimum Gasteiger partial charge on any atom is -0.494 e. The van der Waals surface area contributed by atoms with Crippen LogP contribution < -0.4 is 15.4 Å². The average Bonchev–Trinajstić information content (AvgIpc) is 3.46. The van der Waals surface area contributed by atoms with Crippen molar-refractivity contribution in [2.45, 2.75) is 93.3 Å². The summed E-state index contributed by atoms with van der Waals surface area (Å²) in [5, 5.41) is 16.3. The SMILES string of the molecule is CCOc1ccc(NC(=O)[C@H]2[C@H]3C(=O)N([C@H](C)CO)C(C(=O)NC4CCCCC4)C34CC[C@]2(C)S4)cc1. The molecule has 3 saturated heterocycles. The van der Waals surface area contributed by atoms with E-state index in [1.807, 2.05) is 19.1 Å². The van der Waals surface area contributed by atoms with Crippen LogP contribution in [0.5, 0.6) is 5.75 Å². The zero-order valence-corrected chi connectivity index (χ0v) is 22.8. The van der Waals surface area contributed by atoms with E-state index >= 15 is 0 Å². The molecule has 1 aromatic carbocycles. The topological polar surface area (TPSA) is 108 Å². The molecule has 0 radical (unpaired) electrons. The zero-order chi connectivity index (χ0) is 26.4. The highest BCUT2D eigenvalue weighted by Gasteiger charge is 2.77. The lowest BCUT2D eigenvalue weighted by Crippen LogP contribution is -2.57. The van der Waals surface area contributed by atoms with E-state index in [0.29, 0.717) is 18.7 Å². The van der Waals surface area contributed by atoms with E-state index in [9.17, 15) is 19.5 Å². The number of aliphatic hydroxyl groups is 1. The molecule has 2 unspecified atom stereocenters. The second kappa shape index (κ2) is 10.1. The molecule has 202 valence electrons. The van der Waals surface area contributed by atoms with E-state index in [-0.39, 0.29) is 30.4 Å². The number of rotatable bonds is 8. The van der Waals surface area contributed by atoms with Gasteiger partial charge in [0.15, 0.2) is 0 Å². The molecule has 6 atom stereocenters. The maximum atomic E-state index is 14.0. The molecule has 2 bridgehead atoms. The molecule has 9 heteroatoms. The van der Waals surface area contributed by atoms with Crippen molar-refractivity contribution in [1.29, 1.82) is 0 Å². The van der Waals surface area contributed by atoms with Crippen molar-refractivity contribution in [1.82, 2.24) is 10.2 Å². The number of fused-ring (bicyclic) bond motifs is 1. The van der Waals surface area contributed by atoms with E-state index in [0.717, 1.165) is 37.9 Å². The molecule has 3 heterocycles. The van der Waals surface area contributed by atoms with Crippen LogP contribution in [0.1, 0.15) is 65.7 Å². The minimum atomic E-state index is -0.691. The van der Waals surface area contributed by atoms with E-state index in [4.69, 9.17) is 4.74 Å². The summed E-state index contributed by atoms with van der Waals surface area (Å²) in [7, 11) is 0. The van der Waals surface area contributed by atoms with Crippen LogP contribution in [0.15, 0.2) is 24.3 Å². The molecule has 1 aliphatic carbocycles. The smallest absolute Gasteiger partial charge is 0.244 e. The zero-order valence-electron chi connectivity index (χ0n) is 22.0. The number of thioether (sulfide) groups is 1. The van der Waals surface area contributed by atoms with Crippen LogP contribution in [0.25, 0.3) is 0 Å². The number of benzene rings is 1. The molecule has 3 amide bonds. The van der Waals surface area contributed by atoms with Crippen LogP contribution in [0.3, 0.4) is 0 Å². The van der Waals surface area contributed by atoms with Gasteiger partial charge in [-0.05, 0) is 70.7 Å². The van der Waals surface area contributed by atoms with Crippen LogP contribution >= 0.6 is 11.8 Å². The highest BCUT2D eigenvalue weighted by molar-refractivity contribution is 8.02. The van der Waals surface area contributed by atoms with Gasteiger partial charge in [0.1, 0.15) is 11.8 Å². The number of hydrogen-bond acceptors (Lipinski definition) is 6. The first-order valence-corrected chi connectivity index (χ1v) is 14.5. The quantitative estimate of drug-likeness (QED) is 0.477. The Kier molecular flexibility index (Phi) is 7.22. The van der Waals surface area contributed by atoms with Crippen LogP contribution in [0.4, 0.5) is 5.69 Å². The third-order valence-corrected chi connectivity index (χ3v) is 10.9. The average molecular weight is 530 g/mol. The Morgan fingerprint density at radius 2 is 1.86 bits per heavy atom. The fourth-order valence-electron chi connectivity index (χ4n) is 7.17. The van der Waals surface area contributed by atoms with E-state index in [1.54, 1.807) is 35.7 Å². The summed E-state index contributed by atoms with van der Waals surface area (Å²) in [6.45, 7) is 6.10. The van der Waals surface area contributed by atoms with Gasteiger partial charge in [0, 0.05) is 16.5 Å². The summed E-state index contributed by atoms with van der Waals surface area (Å²) >= 11 is 1.66. The standard InChI is InChI=1S/C28H39N3O5S/c1-4-36-20-12-10-19(11-13-20)29-24(33)21-22-26(35)31(17(2)16-32)23(28(22)15-14-27(21,3)37-28)25(34)30-18-8-6-5-7-9-18/h10-13,17-18,21-23,32H,4-9,14-16H2,1-3H3,(H,29,33)(H,30,34)/t17-,21-,22+,23?,27+,28?/m1/s1. The largest absolute Gasteiger partial charge is 0.494 e. The molecule has 8 nitrogen and oxygen atoms in total. The van der Waals surface area contributed by atoms with Crippen LogP contribution in [0, 0.1) is 11.8 Å². The number of likely N-dealkylation sites (tertiary alicyclic amines) is 1. The Bertz CT molecular complexity index is 1040. The maximum absolute atomic E-state index is 14.0. The number of ether oxygens (including phenoxy) is 1. The molecule has 0 aromatic heterocycles. The lowest BCUT2D eigenvalue weighted by molar-refractivity contribution is -0.142. The van der Waals surface area contributed by atoms with Crippen molar-refractivity contribution in [3.8, 4) is 5.75 Å². The van der Waals surface area contributed by atoms with Gasteiger partial charge in [-0.1, -0.05) is 19.3 Å². The lowest BCUT2D eigenvalue weighted by Gasteiger charge is -2.37. The Hall–Kier alpha value is -2.26. The normalized spacial score (nSPS) is 33.8. The predicted molar refractivity (Wildman–Crippen MR) is 143 cm³/mol. The predicted octanol–water partition coefficient (Wildman–Crippen LogP) is 3.33. The van der Waals surface area contributed by atoms with Crippen molar-refractivity contribution in [3.63, 3.8) is 0 Å².